The van der Waals surface area contributed by atoms with Crippen molar-refractivity contribution in [3.8, 4) is 0 Å². The van der Waals surface area contributed by atoms with E-state index in [1.54, 1.807) is 15.8 Å². The number of benzene rings is 2. The predicted octanol–water partition coefficient (Wildman–Crippen LogP) is 6.22. The molecule has 0 spiro atoms. The van der Waals surface area contributed by atoms with E-state index in [0.29, 0.717) is 62.7 Å². The topological polar surface area (TPSA) is 170 Å². The summed E-state index contributed by atoms with van der Waals surface area (Å²) < 4.78 is 23.9. The van der Waals surface area contributed by atoms with Crippen LogP contribution in [-0.4, -0.2) is 143 Å². The van der Waals surface area contributed by atoms with Crippen LogP contribution in [0.3, 0.4) is 0 Å². The highest BCUT2D eigenvalue weighted by Gasteiger charge is 2.34. The van der Waals surface area contributed by atoms with Crippen molar-refractivity contribution in [2.45, 2.75) is 110 Å². The van der Waals surface area contributed by atoms with Gasteiger partial charge in [0.2, 0.25) is 5.91 Å². The first kappa shape index (κ1) is 47.3. The first-order valence-corrected chi connectivity index (χ1v) is 23.5. The van der Waals surface area contributed by atoms with Crippen LogP contribution in [0.5, 0.6) is 0 Å². The van der Waals surface area contributed by atoms with Crippen LogP contribution in [0.25, 0.3) is 21.8 Å². The fraction of sp³-hybridized carbons (Fsp3) is 0.583. The fourth-order valence-corrected chi connectivity index (χ4v) is 9.27. The van der Waals surface area contributed by atoms with E-state index in [4.69, 9.17) is 18.9 Å². The van der Waals surface area contributed by atoms with Crippen LogP contribution >= 0.6 is 0 Å². The van der Waals surface area contributed by atoms with E-state index in [1.165, 1.54) is 4.57 Å². The molecule has 3 fully saturated rings. The van der Waals surface area contributed by atoms with Gasteiger partial charge in [-0.15, -0.1) is 0 Å². The maximum absolute atomic E-state index is 14.5. The van der Waals surface area contributed by atoms with E-state index < -0.39 is 18.4 Å². The number of aromatic nitrogens is 3. The molecule has 0 bridgehead atoms. The lowest BCUT2D eigenvalue weighted by Gasteiger charge is -2.43. The summed E-state index contributed by atoms with van der Waals surface area (Å²) in [7, 11) is 2.16. The van der Waals surface area contributed by atoms with Crippen molar-refractivity contribution in [1.29, 1.82) is 0 Å². The largest absolute Gasteiger partial charge is 0.510 e. The van der Waals surface area contributed by atoms with E-state index >= 15 is 0 Å². The maximum Gasteiger partial charge on any atom is 0.510 e. The molecule has 0 aliphatic carbocycles. The standard InChI is InChI=1S/C48H66N8O9/c1-5-7-25-62-47(60)64-32-55-31-38-28-35(27-34(3)43(38)50-55)29-41(45(58)53-23-21-52(22-24-53)39-15-17-51(4)18-16-39)49-46(59)54-19-13-36(14-20-54)40-30-37-11-9-10-12-42(37)56(44(40)57)33-65-48(61)63-26-8-6-2/h9-12,27-28,30-31,36,39,41H,5-8,13-26,29,32-33H2,1-4H3,(H,49,59)/t41-/m1/s1. The number of urea groups is 1. The van der Waals surface area contributed by atoms with Gasteiger partial charge in [-0.3, -0.25) is 19.1 Å². The minimum absolute atomic E-state index is 0.104. The number of ether oxygens (including phenoxy) is 4. The molecular weight excluding hydrogens is 833 g/mol. The number of piperidine rings is 2. The minimum atomic E-state index is -0.829. The number of aryl methyl sites for hydroxylation is 1. The van der Waals surface area contributed by atoms with Crippen molar-refractivity contribution in [3.63, 3.8) is 0 Å². The molecule has 0 saturated carbocycles. The molecule has 0 unspecified atom stereocenters. The number of likely N-dealkylation sites (tertiary alicyclic amines) is 2. The Kier molecular flexibility index (Phi) is 16.4. The number of carbonyl (C=O) groups excluding carboxylic acids is 4. The van der Waals surface area contributed by atoms with Gasteiger partial charge in [-0.25, -0.2) is 19.1 Å². The smallest absolute Gasteiger partial charge is 0.434 e. The van der Waals surface area contributed by atoms with E-state index in [2.05, 4.69) is 27.3 Å². The van der Waals surface area contributed by atoms with E-state index in [0.717, 1.165) is 92.1 Å². The third-order valence-electron chi connectivity index (χ3n) is 13.1. The molecule has 3 saturated heterocycles. The zero-order valence-corrected chi connectivity index (χ0v) is 38.5. The van der Waals surface area contributed by atoms with Crippen molar-refractivity contribution in [1.82, 2.24) is 39.3 Å². The lowest BCUT2D eigenvalue weighted by atomic mass is 9.89. The van der Waals surface area contributed by atoms with Gasteiger partial charge in [0.15, 0.2) is 13.5 Å². The van der Waals surface area contributed by atoms with Crippen LogP contribution < -0.4 is 10.9 Å². The first-order valence-electron chi connectivity index (χ1n) is 23.5. The third-order valence-corrected chi connectivity index (χ3v) is 13.1. The number of unbranched alkanes of at least 4 members (excludes halogenated alkanes) is 2. The van der Waals surface area contributed by atoms with E-state index in [1.807, 2.05) is 68.1 Å². The number of para-hydroxylation sites is 1. The number of nitrogens with zero attached hydrogens (tertiary/aromatic N) is 7. The lowest BCUT2D eigenvalue weighted by Crippen LogP contribution is -2.59. The molecule has 4 aromatic rings. The zero-order chi connectivity index (χ0) is 45.9. The summed E-state index contributed by atoms with van der Waals surface area (Å²) in [5.74, 6) is -0.252. The summed E-state index contributed by atoms with van der Waals surface area (Å²) in [6.45, 7) is 11.8. The summed E-state index contributed by atoms with van der Waals surface area (Å²) >= 11 is 0. The predicted molar refractivity (Wildman–Crippen MR) is 246 cm³/mol. The number of hydrogen-bond acceptors (Lipinski definition) is 12. The molecular formula is C48H66N8O9. The highest BCUT2D eigenvalue weighted by molar-refractivity contribution is 5.88. The molecule has 1 atom stereocenters. The molecule has 3 amide bonds. The second-order valence-corrected chi connectivity index (χ2v) is 17.7. The Labute approximate surface area is 380 Å². The Hall–Kier alpha value is -5.68. The van der Waals surface area contributed by atoms with Crippen LogP contribution in [-0.2, 0) is 43.6 Å². The van der Waals surface area contributed by atoms with Gasteiger partial charge in [0, 0.05) is 68.9 Å². The molecule has 2 aromatic carbocycles. The van der Waals surface area contributed by atoms with Gasteiger partial charge in [-0.05, 0) is 106 Å². The molecule has 17 nitrogen and oxygen atoms in total. The molecule has 3 aliphatic rings. The molecule has 352 valence electrons. The van der Waals surface area contributed by atoms with E-state index in [-0.39, 0.29) is 49.9 Å². The van der Waals surface area contributed by atoms with Gasteiger partial charge >= 0.3 is 18.3 Å². The minimum Gasteiger partial charge on any atom is -0.434 e. The number of hydrogen-bond donors (Lipinski definition) is 1. The highest BCUT2D eigenvalue weighted by atomic mass is 16.7. The van der Waals surface area contributed by atoms with Gasteiger partial charge in [0.25, 0.3) is 5.56 Å². The average molecular weight is 899 g/mol. The molecule has 1 N–H and O–H groups in total. The first-order chi connectivity index (χ1) is 31.5. The van der Waals surface area contributed by atoms with Crippen LogP contribution in [0.4, 0.5) is 14.4 Å². The molecule has 65 heavy (non-hydrogen) atoms. The number of nitrogens with one attached hydrogen (secondary N) is 1. The van der Waals surface area contributed by atoms with Gasteiger partial charge in [-0.1, -0.05) is 51.0 Å². The van der Waals surface area contributed by atoms with Crippen LogP contribution in [0, 0.1) is 6.92 Å². The van der Waals surface area contributed by atoms with Crippen LogP contribution in [0.1, 0.15) is 87.8 Å². The van der Waals surface area contributed by atoms with Crippen molar-refractivity contribution >= 4 is 46.1 Å². The Bertz CT molecular complexity index is 2320. The number of amides is 3. The average Bonchev–Trinajstić information content (AvgIpc) is 3.74. The van der Waals surface area contributed by atoms with Crippen molar-refractivity contribution in [2.75, 3.05) is 72.6 Å². The molecule has 2 aromatic heterocycles. The Morgan fingerprint density at radius 3 is 2.11 bits per heavy atom. The van der Waals surface area contributed by atoms with E-state index in [9.17, 15) is 24.0 Å². The Morgan fingerprint density at radius 2 is 1.43 bits per heavy atom. The van der Waals surface area contributed by atoms with Crippen LogP contribution in [0.2, 0.25) is 0 Å². The number of carbonyl (C=O) groups is 4. The fourth-order valence-electron chi connectivity index (χ4n) is 9.27. The second kappa shape index (κ2) is 22.5. The molecule has 5 heterocycles. The van der Waals surface area contributed by atoms with Gasteiger partial charge in [-0.2, -0.15) is 5.10 Å². The summed E-state index contributed by atoms with van der Waals surface area (Å²) in [6, 6.07) is 12.7. The maximum atomic E-state index is 14.5. The normalized spacial score (nSPS) is 17.3. The zero-order valence-electron chi connectivity index (χ0n) is 38.5. The summed E-state index contributed by atoms with van der Waals surface area (Å²) in [5, 5.41) is 9.43. The number of piperazine rings is 1. The number of fused-ring (bicyclic) bond motifs is 2. The lowest BCUT2D eigenvalue weighted by molar-refractivity contribution is -0.135. The number of rotatable bonds is 16. The monoisotopic (exact) mass is 898 g/mol. The molecule has 7 rings (SSSR count). The summed E-state index contributed by atoms with van der Waals surface area (Å²) in [4.78, 5) is 75.6. The SMILES string of the molecule is CCCCOC(=O)OCn1cc2cc(C[C@@H](NC(=O)N3CCC(c4cc5ccccc5n(COC(=O)OCCCC)c4=O)CC3)C(=O)N3CCN(C4CCN(C)CC4)CC3)cc(C)c2n1. The highest BCUT2D eigenvalue weighted by Crippen LogP contribution is 2.29. The third kappa shape index (κ3) is 12.2. The summed E-state index contributed by atoms with van der Waals surface area (Å²) in [6.07, 6.45) is 7.08. The molecule has 3 aliphatic heterocycles. The second-order valence-electron chi connectivity index (χ2n) is 17.7. The Morgan fingerprint density at radius 1 is 0.769 bits per heavy atom. The quantitative estimate of drug-likeness (QED) is 0.0997. The molecule has 0 radical (unpaired) electrons. The van der Waals surface area contributed by atoms with Gasteiger partial charge in [0.05, 0.1) is 24.2 Å². The number of pyridine rings is 1. The van der Waals surface area contributed by atoms with Crippen molar-refractivity contribution in [3.05, 3.63) is 75.7 Å². The van der Waals surface area contributed by atoms with Gasteiger partial charge in [0.1, 0.15) is 6.04 Å². The summed E-state index contributed by atoms with van der Waals surface area (Å²) in [5.41, 5.74) is 3.50. The van der Waals surface area contributed by atoms with Crippen molar-refractivity contribution in [2.24, 2.45) is 0 Å². The molecule has 17 heteroatoms. The van der Waals surface area contributed by atoms with Gasteiger partial charge < -0.3 is 39.0 Å². The Balaban J connectivity index is 1.04. The van der Waals surface area contributed by atoms with Crippen molar-refractivity contribution < 1.29 is 38.1 Å². The van der Waals surface area contributed by atoms with Crippen LogP contribution in [0.15, 0.2) is 53.5 Å².